The van der Waals surface area contributed by atoms with Gasteiger partial charge in [-0.3, -0.25) is 0 Å². The molecule has 0 N–H and O–H groups in total. The van der Waals surface area contributed by atoms with Crippen LogP contribution in [0.4, 0.5) is 13.2 Å². The fraction of sp³-hybridized carbons (Fsp3) is 0.222. The number of methoxy groups -OCH3 is 1. The number of rotatable bonds is 4. The molecule has 0 spiro atoms. The van der Waals surface area contributed by atoms with Gasteiger partial charge in [0.1, 0.15) is 5.03 Å². The summed E-state index contributed by atoms with van der Waals surface area (Å²) in [6.07, 6.45) is -1.75. The highest BCUT2D eigenvalue weighted by atomic mass is 32.2. The summed E-state index contributed by atoms with van der Waals surface area (Å²) in [5.41, 5.74) is 1.19. The first-order valence-electron chi connectivity index (χ1n) is 7.85. The predicted molar refractivity (Wildman–Crippen MR) is 94.7 cm³/mol. The number of benzene rings is 1. The molecule has 2 aromatic heterocycles. The fourth-order valence-electron chi connectivity index (χ4n) is 2.34. The number of halogens is 3. The Labute approximate surface area is 158 Å². The van der Waals surface area contributed by atoms with Crippen molar-refractivity contribution in [3.63, 3.8) is 0 Å². The van der Waals surface area contributed by atoms with Crippen LogP contribution in [0.2, 0.25) is 0 Å². The van der Waals surface area contributed by atoms with E-state index in [1.54, 1.807) is 19.1 Å². The highest BCUT2D eigenvalue weighted by molar-refractivity contribution is 7.99. The first-order chi connectivity index (χ1) is 12.8. The van der Waals surface area contributed by atoms with Gasteiger partial charge in [0.25, 0.3) is 0 Å². The molecule has 0 fully saturated rings. The summed E-state index contributed by atoms with van der Waals surface area (Å²) in [5.74, 6) is -0.430. The molecule has 0 bridgehead atoms. The maximum absolute atomic E-state index is 13.7. The molecule has 27 heavy (non-hydrogen) atoms. The molecular formula is C18H15F3N4OS. The maximum atomic E-state index is 13.7. The van der Waals surface area contributed by atoms with Crippen molar-refractivity contribution >= 4 is 11.8 Å². The van der Waals surface area contributed by atoms with Crippen LogP contribution in [0.15, 0.2) is 46.6 Å². The van der Waals surface area contributed by atoms with E-state index >= 15 is 0 Å². The summed E-state index contributed by atoms with van der Waals surface area (Å²) in [6, 6.07) is 7.14. The molecule has 9 heteroatoms. The summed E-state index contributed by atoms with van der Waals surface area (Å²) in [4.78, 5) is 8.78. The monoisotopic (exact) mass is 392 g/mol. The number of hydrogen-bond acceptors (Lipinski definition) is 6. The van der Waals surface area contributed by atoms with Gasteiger partial charge >= 0.3 is 6.18 Å². The molecule has 0 amide bonds. The van der Waals surface area contributed by atoms with E-state index in [-0.39, 0.29) is 10.9 Å². The van der Waals surface area contributed by atoms with Gasteiger partial charge in [-0.05, 0) is 31.5 Å². The van der Waals surface area contributed by atoms with E-state index in [1.807, 2.05) is 19.1 Å². The average Bonchev–Trinajstić information content (AvgIpc) is 2.62. The normalized spacial score (nSPS) is 11.5. The van der Waals surface area contributed by atoms with Crippen LogP contribution in [0.5, 0.6) is 5.88 Å². The van der Waals surface area contributed by atoms with Crippen molar-refractivity contribution in [3.8, 4) is 17.3 Å². The first-order valence-corrected chi connectivity index (χ1v) is 8.66. The van der Waals surface area contributed by atoms with E-state index in [0.29, 0.717) is 16.0 Å². The summed E-state index contributed by atoms with van der Waals surface area (Å²) >= 11 is 0.907. The lowest BCUT2D eigenvalue weighted by Crippen LogP contribution is -2.13. The molecule has 5 nitrogen and oxygen atoms in total. The van der Waals surface area contributed by atoms with Crippen LogP contribution in [0.1, 0.15) is 16.7 Å². The minimum atomic E-state index is -4.66. The van der Waals surface area contributed by atoms with Gasteiger partial charge in [-0.2, -0.15) is 28.4 Å². The summed E-state index contributed by atoms with van der Waals surface area (Å²) in [7, 11) is 1.15. The summed E-state index contributed by atoms with van der Waals surface area (Å²) < 4.78 is 46.0. The second kappa shape index (κ2) is 7.51. The second-order valence-electron chi connectivity index (χ2n) is 5.74. The van der Waals surface area contributed by atoms with Gasteiger partial charge in [0.15, 0.2) is 11.4 Å². The molecule has 1 aromatic carbocycles. The molecule has 0 unspecified atom stereocenters. The van der Waals surface area contributed by atoms with Crippen molar-refractivity contribution in [1.82, 2.24) is 20.2 Å². The van der Waals surface area contributed by atoms with E-state index in [1.165, 1.54) is 12.4 Å². The molecule has 3 aromatic rings. The Balaban J connectivity index is 2.19. The average molecular weight is 392 g/mol. The van der Waals surface area contributed by atoms with Crippen molar-refractivity contribution in [1.29, 1.82) is 0 Å². The smallest absolute Gasteiger partial charge is 0.424 e. The van der Waals surface area contributed by atoms with Crippen LogP contribution in [0, 0.1) is 13.8 Å². The van der Waals surface area contributed by atoms with Crippen LogP contribution >= 0.6 is 11.8 Å². The number of nitrogens with zero attached hydrogens (tertiary/aromatic N) is 4. The molecule has 140 valence electrons. The maximum Gasteiger partial charge on any atom is 0.424 e. The summed E-state index contributed by atoms with van der Waals surface area (Å²) in [6.45, 7) is 3.66. The molecule has 3 rings (SSSR count). The van der Waals surface area contributed by atoms with Gasteiger partial charge in [0.2, 0.25) is 5.88 Å². The Bertz CT molecular complexity index is 962. The van der Waals surface area contributed by atoms with E-state index in [9.17, 15) is 13.2 Å². The minimum Gasteiger partial charge on any atom is -0.480 e. The van der Waals surface area contributed by atoms with Gasteiger partial charge < -0.3 is 4.74 Å². The number of aryl methyl sites for hydroxylation is 2. The van der Waals surface area contributed by atoms with Crippen LogP contribution in [0.25, 0.3) is 11.4 Å². The highest BCUT2D eigenvalue weighted by Gasteiger charge is 2.40. The molecule has 0 radical (unpaired) electrons. The van der Waals surface area contributed by atoms with Gasteiger partial charge in [-0.25, -0.2) is 4.98 Å². The lowest BCUT2D eigenvalue weighted by molar-refractivity contribution is -0.141. The van der Waals surface area contributed by atoms with Crippen LogP contribution in [0.3, 0.4) is 0 Å². The van der Waals surface area contributed by atoms with Crippen molar-refractivity contribution in [3.05, 3.63) is 53.3 Å². The lowest BCUT2D eigenvalue weighted by Gasteiger charge is -2.16. The predicted octanol–water partition coefficient (Wildman–Crippen LogP) is 4.73. The second-order valence-corrected chi connectivity index (χ2v) is 6.80. The van der Waals surface area contributed by atoms with Crippen LogP contribution in [-0.4, -0.2) is 27.3 Å². The topological polar surface area (TPSA) is 60.8 Å². The van der Waals surface area contributed by atoms with E-state index in [4.69, 9.17) is 4.74 Å². The third-order valence-electron chi connectivity index (χ3n) is 3.73. The third-order valence-corrected chi connectivity index (χ3v) is 4.72. The largest absolute Gasteiger partial charge is 0.480 e. The molecule has 2 heterocycles. The standard InChI is InChI=1S/C18H15F3N4OS/c1-10-4-6-12(7-5-10)27-17-14(18(19,20)21)16(26-3)24-15(25-17)13-9-23-22-8-11(13)2/h4-9H,1-3H3. The number of ether oxygens (including phenoxy) is 1. The zero-order chi connectivity index (χ0) is 19.6. The zero-order valence-corrected chi connectivity index (χ0v) is 15.5. The van der Waals surface area contributed by atoms with E-state index in [0.717, 1.165) is 24.4 Å². The van der Waals surface area contributed by atoms with Crippen molar-refractivity contribution < 1.29 is 17.9 Å². The Morgan fingerprint density at radius 3 is 2.22 bits per heavy atom. The number of alkyl halides is 3. The van der Waals surface area contributed by atoms with Gasteiger partial charge in [0.05, 0.1) is 19.5 Å². The van der Waals surface area contributed by atoms with Crippen LogP contribution in [-0.2, 0) is 6.18 Å². The Hall–Kier alpha value is -2.68. The van der Waals surface area contributed by atoms with Crippen LogP contribution < -0.4 is 4.74 Å². The van der Waals surface area contributed by atoms with Gasteiger partial charge in [-0.15, -0.1) is 0 Å². The minimum absolute atomic E-state index is 0.0989. The van der Waals surface area contributed by atoms with Gasteiger partial charge in [-0.1, -0.05) is 29.5 Å². The quantitative estimate of drug-likeness (QED) is 0.599. The lowest BCUT2D eigenvalue weighted by atomic mass is 10.2. The molecular weight excluding hydrogens is 377 g/mol. The zero-order valence-electron chi connectivity index (χ0n) is 14.7. The third kappa shape index (κ3) is 4.19. The van der Waals surface area contributed by atoms with Gasteiger partial charge in [0, 0.05) is 10.5 Å². The summed E-state index contributed by atoms with van der Waals surface area (Å²) in [5, 5.41) is 7.29. The molecule has 0 aliphatic rings. The Morgan fingerprint density at radius 1 is 0.963 bits per heavy atom. The van der Waals surface area contributed by atoms with Crippen molar-refractivity contribution in [2.75, 3.05) is 7.11 Å². The Kier molecular flexibility index (Phi) is 5.31. The number of aromatic nitrogens is 4. The highest BCUT2D eigenvalue weighted by Crippen LogP contribution is 2.43. The van der Waals surface area contributed by atoms with E-state index < -0.39 is 17.6 Å². The van der Waals surface area contributed by atoms with E-state index in [2.05, 4.69) is 20.2 Å². The van der Waals surface area contributed by atoms with Crippen molar-refractivity contribution in [2.24, 2.45) is 0 Å². The molecule has 0 atom stereocenters. The Morgan fingerprint density at radius 2 is 1.63 bits per heavy atom. The fourth-order valence-corrected chi connectivity index (χ4v) is 3.27. The molecule has 0 aliphatic carbocycles. The molecule has 0 aliphatic heterocycles. The van der Waals surface area contributed by atoms with Crippen molar-refractivity contribution in [2.45, 2.75) is 29.9 Å². The first kappa shape index (κ1) is 19.1. The molecule has 0 saturated heterocycles. The SMILES string of the molecule is COc1nc(-c2cnncc2C)nc(Sc2ccc(C)cc2)c1C(F)(F)F. The number of hydrogen-bond donors (Lipinski definition) is 0. The molecule has 0 saturated carbocycles.